The quantitative estimate of drug-likeness (QED) is 0.792. The topological polar surface area (TPSA) is 35.5 Å². The molecule has 0 aromatic heterocycles. The summed E-state index contributed by atoms with van der Waals surface area (Å²) >= 11 is 5.84. The number of hydrogen-bond acceptors (Lipinski definition) is 3. The van der Waals surface area contributed by atoms with Crippen molar-refractivity contribution in [3.8, 4) is 0 Å². The number of aliphatic hydroxyl groups is 1. The Balaban J connectivity index is 1.62. The molecule has 1 aliphatic rings. The van der Waals surface area contributed by atoms with E-state index in [-0.39, 0.29) is 0 Å². The third kappa shape index (κ3) is 5.06. The fourth-order valence-corrected chi connectivity index (χ4v) is 2.82. The first kappa shape index (κ1) is 15.8. The molecule has 1 aromatic rings. The minimum absolute atomic E-state index is 0.454. The summed E-state index contributed by atoms with van der Waals surface area (Å²) in [6.07, 6.45) is 3.36. The highest BCUT2D eigenvalue weighted by molar-refractivity contribution is 6.30. The molecule has 112 valence electrons. The fourth-order valence-electron chi connectivity index (χ4n) is 2.70. The van der Waals surface area contributed by atoms with Crippen LogP contribution in [0.2, 0.25) is 5.02 Å². The van der Waals surface area contributed by atoms with E-state index in [4.69, 9.17) is 11.6 Å². The van der Waals surface area contributed by atoms with E-state index in [1.807, 2.05) is 24.3 Å². The van der Waals surface area contributed by atoms with Crippen LogP contribution >= 0.6 is 11.6 Å². The van der Waals surface area contributed by atoms with E-state index in [2.05, 4.69) is 17.3 Å². The fraction of sp³-hybridized carbons (Fsp3) is 0.625. The maximum atomic E-state index is 10.1. The lowest BCUT2D eigenvalue weighted by Crippen LogP contribution is -2.32. The molecule has 3 nitrogen and oxygen atoms in total. The van der Waals surface area contributed by atoms with Gasteiger partial charge in [0.15, 0.2) is 0 Å². The van der Waals surface area contributed by atoms with Gasteiger partial charge < -0.3 is 15.3 Å². The third-order valence-electron chi connectivity index (χ3n) is 4.16. The first-order valence-electron chi connectivity index (χ1n) is 7.48. The first-order valence-corrected chi connectivity index (χ1v) is 7.85. The van der Waals surface area contributed by atoms with E-state index in [0.29, 0.717) is 11.6 Å². The summed E-state index contributed by atoms with van der Waals surface area (Å²) in [5, 5.41) is 14.1. The van der Waals surface area contributed by atoms with E-state index in [1.165, 1.54) is 32.4 Å². The highest BCUT2D eigenvalue weighted by Crippen LogP contribution is 2.19. The van der Waals surface area contributed by atoms with Crippen LogP contribution in [0, 0.1) is 5.92 Å². The second-order valence-electron chi connectivity index (χ2n) is 5.81. The Morgan fingerprint density at radius 2 is 1.95 bits per heavy atom. The van der Waals surface area contributed by atoms with E-state index in [0.717, 1.165) is 18.0 Å². The lowest BCUT2D eigenvalue weighted by molar-refractivity contribution is 0.171. The molecular formula is C16H25ClN2O. The molecule has 0 aliphatic carbocycles. The SMILES string of the molecule is CN1CCC(CCNCC(O)c2ccc(Cl)cc2)CC1. The number of nitrogens with zero attached hydrogens (tertiary/aromatic N) is 1. The molecule has 2 rings (SSSR count). The summed E-state index contributed by atoms with van der Waals surface area (Å²) in [6, 6.07) is 7.40. The van der Waals surface area contributed by atoms with Gasteiger partial charge in [-0.2, -0.15) is 0 Å². The van der Waals surface area contributed by atoms with Crippen LogP contribution in [0.15, 0.2) is 24.3 Å². The highest BCUT2D eigenvalue weighted by atomic mass is 35.5. The predicted octanol–water partition coefficient (Wildman–Crippen LogP) is 2.69. The van der Waals surface area contributed by atoms with E-state index in [1.54, 1.807) is 0 Å². The van der Waals surface area contributed by atoms with E-state index >= 15 is 0 Å². The lowest BCUT2D eigenvalue weighted by atomic mass is 9.94. The van der Waals surface area contributed by atoms with Crippen LogP contribution in [0.3, 0.4) is 0 Å². The van der Waals surface area contributed by atoms with E-state index in [9.17, 15) is 5.11 Å². The zero-order valence-corrected chi connectivity index (χ0v) is 12.9. The van der Waals surface area contributed by atoms with Gasteiger partial charge in [0.2, 0.25) is 0 Å². The Morgan fingerprint density at radius 1 is 1.30 bits per heavy atom. The van der Waals surface area contributed by atoms with Crippen LogP contribution in [-0.4, -0.2) is 43.2 Å². The van der Waals surface area contributed by atoms with Crippen LogP contribution in [0.4, 0.5) is 0 Å². The zero-order valence-electron chi connectivity index (χ0n) is 12.2. The van der Waals surface area contributed by atoms with Crippen molar-refractivity contribution in [1.29, 1.82) is 0 Å². The Hall–Kier alpha value is -0.610. The molecule has 2 N–H and O–H groups in total. The van der Waals surface area contributed by atoms with Gasteiger partial charge in [0.25, 0.3) is 0 Å². The van der Waals surface area contributed by atoms with Crippen molar-refractivity contribution in [2.45, 2.75) is 25.4 Å². The molecule has 1 atom stereocenters. The number of halogens is 1. The summed E-state index contributed by atoms with van der Waals surface area (Å²) in [4.78, 5) is 2.40. The van der Waals surface area contributed by atoms with Crippen LogP contribution in [0.1, 0.15) is 30.9 Å². The molecule has 1 heterocycles. The number of piperidine rings is 1. The number of aliphatic hydroxyl groups excluding tert-OH is 1. The average Bonchev–Trinajstić information content (AvgIpc) is 2.46. The van der Waals surface area contributed by atoms with Crippen LogP contribution in [0.5, 0.6) is 0 Å². The summed E-state index contributed by atoms with van der Waals surface area (Å²) in [6.45, 7) is 4.03. The smallest absolute Gasteiger partial charge is 0.0914 e. The monoisotopic (exact) mass is 296 g/mol. The average molecular weight is 297 g/mol. The van der Waals surface area contributed by atoms with Crippen LogP contribution in [-0.2, 0) is 0 Å². The van der Waals surface area contributed by atoms with E-state index < -0.39 is 6.10 Å². The van der Waals surface area contributed by atoms with Crippen LogP contribution < -0.4 is 5.32 Å². The molecule has 1 aromatic carbocycles. The van der Waals surface area contributed by atoms with Crippen molar-refractivity contribution in [3.05, 3.63) is 34.9 Å². The van der Waals surface area contributed by atoms with Gasteiger partial charge in [-0.1, -0.05) is 23.7 Å². The molecule has 1 fully saturated rings. The second-order valence-corrected chi connectivity index (χ2v) is 6.24. The maximum Gasteiger partial charge on any atom is 0.0914 e. The highest BCUT2D eigenvalue weighted by Gasteiger charge is 2.16. The minimum atomic E-state index is -0.454. The second kappa shape index (κ2) is 7.99. The van der Waals surface area contributed by atoms with Gasteiger partial charge in [-0.3, -0.25) is 0 Å². The van der Waals surface area contributed by atoms with Crippen molar-refractivity contribution >= 4 is 11.6 Å². The molecule has 4 heteroatoms. The number of likely N-dealkylation sites (tertiary alicyclic amines) is 1. The summed E-state index contributed by atoms with van der Waals surface area (Å²) in [5.74, 6) is 0.839. The zero-order chi connectivity index (χ0) is 14.4. The number of benzene rings is 1. The maximum absolute atomic E-state index is 10.1. The number of hydrogen-bond donors (Lipinski definition) is 2. The van der Waals surface area contributed by atoms with Crippen LogP contribution in [0.25, 0.3) is 0 Å². The van der Waals surface area contributed by atoms with Gasteiger partial charge in [0, 0.05) is 11.6 Å². The Labute approximate surface area is 126 Å². The molecule has 1 unspecified atom stereocenters. The molecule has 0 radical (unpaired) electrons. The Morgan fingerprint density at radius 3 is 2.60 bits per heavy atom. The van der Waals surface area contributed by atoms with Gasteiger partial charge in [-0.05, 0) is 69.6 Å². The van der Waals surface area contributed by atoms with Gasteiger partial charge >= 0.3 is 0 Å². The number of nitrogens with one attached hydrogen (secondary N) is 1. The van der Waals surface area contributed by atoms with Crippen molar-refractivity contribution < 1.29 is 5.11 Å². The number of rotatable bonds is 6. The largest absolute Gasteiger partial charge is 0.387 e. The summed E-state index contributed by atoms with van der Waals surface area (Å²) in [5.41, 5.74) is 0.918. The summed E-state index contributed by atoms with van der Waals surface area (Å²) < 4.78 is 0. The van der Waals surface area contributed by atoms with Gasteiger partial charge in [0.1, 0.15) is 0 Å². The van der Waals surface area contributed by atoms with Crippen molar-refractivity contribution in [2.24, 2.45) is 5.92 Å². The Bertz CT molecular complexity index is 388. The standard InChI is InChI=1S/C16H25ClN2O/c1-19-10-7-13(8-11-19)6-9-18-12-16(20)14-2-4-15(17)5-3-14/h2-5,13,16,18,20H,6-12H2,1H3. The minimum Gasteiger partial charge on any atom is -0.387 e. The molecule has 0 amide bonds. The third-order valence-corrected chi connectivity index (χ3v) is 4.41. The summed E-state index contributed by atoms with van der Waals surface area (Å²) in [7, 11) is 2.19. The van der Waals surface area contributed by atoms with Gasteiger partial charge in [-0.25, -0.2) is 0 Å². The molecule has 0 saturated carbocycles. The predicted molar refractivity (Wildman–Crippen MR) is 84.1 cm³/mol. The molecule has 20 heavy (non-hydrogen) atoms. The van der Waals surface area contributed by atoms with Gasteiger partial charge in [0.05, 0.1) is 6.10 Å². The molecule has 0 bridgehead atoms. The molecule has 1 saturated heterocycles. The normalized spacial score (nSPS) is 19.1. The Kier molecular flexibility index (Phi) is 6.30. The molecular weight excluding hydrogens is 272 g/mol. The first-order chi connectivity index (χ1) is 9.65. The van der Waals surface area contributed by atoms with Crippen molar-refractivity contribution in [1.82, 2.24) is 10.2 Å². The van der Waals surface area contributed by atoms with Crippen molar-refractivity contribution in [3.63, 3.8) is 0 Å². The van der Waals surface area contributed by atoms with Crippen molar-refractivity contribution in [2.75, 3.05) is 33.2 Å². The lowest BCUT2D eigenvalue weighted by Gasteiger charge is -2.29. The van der Waals surface area contributed by atoms with Gasteiger partial charge in [-0.15, -0.1) is 0 Å². The molecule has 0 spiro atoms. The molecule has 1 aliphatic heterocycles.